The number of rotatable bonds is 10. The number of carbonyl (C=O) groups is 3. The fourth-order valence-electron chi connectivity index (χ4n) is 2.38. The number of ether oxygens (including phenoxy) is 3. The molecule has 0 unspecified atom stereocenters. The molecule has 2 N–H and O–H groups in total. The molecule has 2 aromatic rings. The smallest absolute Gasteiger partial charge is 0.343 e. The molecular formula is C21H21BrFN3O6. The lowest BCUT2D eigenvalue weighted by Gasteiger charge is -2.12. The van der Waals surface area contributed by atoms with Crippen molar-refractivity contribution in [2.45, 2.75) is 12.8 Å². The summed E-state index contributed by atoms with van der Waals surface area (Å²) in [5.74, 6) is -1.45. The van der Waals surface area contributed by atoms with E-state index in [1.54, 1.807) is 18.2 Å². The number of methoxy groups -OCH3 is 2. The average Bonchev–Trinajstić information content (AvgIpc) is 2.78. The lowest BCUT2D eigenvalue weighted by atomic mass is 10.2. The largest absolute Gasteiger partial charge is 0.493 e. The highest BCUT2D eigenvalue weighted by molar-refractivity contribution is 9.10. The number of benzene rings is 2. The number of nitrogens with one attached hydrogen (secondary N) is 2. The molecule has 0 aliphatic heterocycles. The number of halogens is 2. The molecule has 0 aliphatic carbocycles. The highest BCUT2D eigenvalue weighted by Gasteiger charge is 2.13. The van der Waals surface area contributed by atoms with Gasteiger partial charge in [-0.05, 0) is 45.8 Å². The van der Waals surface area contributed by atoms with Crippen molar-refractivity contribution >= 4 is 45.6 Å². The molecular weight excluding hydrogens is 489 g/mol. The number of esters is 1. The summed E-state index contributed by atoms with van der Waals surface area (Å²) in [6.45, 7) is -0.292. The lowest BCUT2D eigenvalue weighted by Crippen LogP contribution is -2.21. The zero-order chi connectivity index (χ0) is 23.5. The Morgan fingerprint density at radius 2 is 1.84 bits per heavy atom. The Hall–Kier alpha value is -3.47. The molecule has 0 aliphatic rings. The molecule has 0 atom stereocenters. The van der Waals surface area contributed by atoms with Crippen LogP contribution in [-0.4, -0.2) is 44.8 Å². The first-order chi connectivity index (χ1) is 15.3. The zero-order valence-electron chi connectivity index (χ0n) is 17.3. The van der Waals surface area contributed by atoms with E-state index in [-0.39, 0.29) is 25.1 Å². The van der Waals surface area contributed by atoms with E-state index < -0.39 is 23.6 Å². The summed E-state index contributed by atoms with van der Waals surface area (Å²) < 4.78 is 29.2. The summed E-state index contributed by atoms with van der Waals surface area (Å²) in [6.07, 6.45) is 1.10. The number of nitrogens with zero attached hydrogens (tertiary/aromatic N) is 1. The molecule has 0 heterocycles. The predicted octanol–water partition coefficient (Wildman–Crippen LogP) is 3.02. The Morgan fingerprint density at radius 1 is 1.12 bits per heavy atom. The van der Waals surface area contributed by atoms with Crippen LogP contribution in [0.4, 0.5) is 10.1 Å². The van der Waals surface area contributed by atoms with Gasteiger partial charge in [0.1, 0.15) is 5.82 Å². The average molecular weight is 510 g/mol. The monoisotopic (exact) mass is 509 g/mol. The van der Waals surface area contributed by atoms with Gasteiger partial charge in [0.05, 0.1) is 30.6 Å². The van der Waals surface area contributed by atoms with Crippen LogP contribution < -0.4 is 20.2 Å². The van der Waals surface area contributed by atoms with Gasteiger partial charge >= 0.3 is 5.97 Å². The van der Waals surface area contributed by atoms with Gasteiger partial charge in [0.25, 0.3) is 0 Å². The van der Waals surface area contributed by atoms with E-state index in [9.17, 15) is 18.8 Å². The van der Waals surface area contributed by atoms with Gasteiger partial charge in [0, 0.05) is 12.8 Å². The number of anilines is 1. The molecule has 11 heteroatoms. The van der Waals surface area contributed by atoms with Crippen molar-refractivity contribution in [3.8, 4) is 11.5 Å². The minimum atomic E-state index is -0.557. The number of hydrazone groups is 1. The predicted molar refractivity (Wildman–Crippen MR) is 118 cm³/mol. The van der Waals surface area contributed by atoms with Crippen LogP contribution in [0.2, 0.25) is 0 Å². The molecule has 2 rings (SSSR count). The maximum absolute atomic E-state index is 13.5. The first-order valence-electron chi connectivity index (χ1n) is 9.27. The number of carbonyl (C=O) groups excluding carboxylic acids is 3. The third-order valence-corrected chi connectivity index (χ3v) is 4.53. The molecule has 0 fully saturated rings. The van der Waals surface area contributed by atoms with Crippen molar-refractivity contribution in [3.05, 3.63) is 52.3 Å². The third kappa shape index (κ3) is 7.65. The second-order valence-electron chi connectivity index (χ2n) is 6.22. The first-order valence-corrected chi connectivity index (χ1v) is 10.1. The molecule has 0 aromatic heterocycles. The van der Waals surface area contributed by atoms with E-state index in [0.717, 1.165) is 0 Å². The van der Waals surface area contributed by atoms with Gasteiger partial charge in [-0.2, -0.15) is 5.10 Å². The third-order valence-electron chi connectivity index (χ3n) is 3.94. The summed E-state index contributed by atoms with van der Waals surface area (Å²) in [7, 11) is 2.68. The van der Waals surface area contributed by atoms with Crippen LogP contribution in [0.5, 0.6) is 11.5 Å². The van der Waals surface area contributed by atoms with E-state index in [2.05, 4.69) is 36.5 Å². The fraction of sp³-hybridized carbons (Fsp3) is 0.238. The van der Waals surface area contributed by atoms with E-state index >= 15 is 0 Å². The summed E-state index contributed by atoms with van der Waals surface area (Å²) >= 11 is 3.33. The van der Waals surface area contributed by atoms with Gasteiger partial charge in [-0.15, -0.1) is 0 Å². The first kappa shape index (κ1) is 24.8. The fourth-order valence-corrected chi connectivity index (χ4v) is 2.96. The molecule has 0 bridgehead atoms. The second kappa shape index (κ2) is 12.4. The van der Waals surface area contributed by atoms with E-state index in [0.29, 0.717) is 21.5 Å². The Kier molecular flexibility index (Phi) is 9.61. The number of amides is 2. The maximum Gasteiger partial charge on any atom is 0.343 e. The van der Waals surface area contributed by atoms with Crippen molar-refractivity contribution in [2.24, 2.45) is 5.10 Å². The van der Waals surface area contributed by atoms with Gasteiger partial charge < -0.3 is 19.5 Å². The molecule has 0 spiro atoms. The standard InChI is InChI=1S/C21H21BrFN3O6/c1-30-17-10-13(9-14(22)21(17)32-12-20(29)31-2)11-24-26-19(28)8-7-18(27)25-16-6-4-3-5-15(16)23/h3-6,9-11H,7-8,12H2,1-2H3,(H,25,27)(H,26,28). The Balaban J connectivity index is 1.88. The number of hydrogen-bond donors (Lipinski definition) is 2. The van der Waals surface area contributed by atoms with Crippen LogP contribution in [0.25, 0.3) is 0 Å². The minimum Gasteiger partial charge on any atom is -0.493 e. The molecule has 0 saturated heterocycles. The van der Waals surface area contributed by atoms with Crippen molar-refractivity contribution in [1.82, 2.24) is 5.43 Å². The Bertz CT molecular complexity index is 1020. The maximum atomic E-state index is 13.5. The molecule has 0 radical (unpaired) electrons. The SMILES string of the molecule is COC(=O)COc1c(Br)cc(C=NNC(=O)CCC(=O)Nc2ccccc2F)cc1OC. The number of para-hydroxylation sites is 1. The van der Waals surface area contributed by atoms with Crippen LogP contribution >= 0.6 is 15.9 Å². The summed E-state index contributed by atoms with van der Waals surface area (Å²) in [5, 5.41) is 6.24. The van der Waals surface area contributed by atoms with Gasteiger partial charge in [-0.1, -0.05) is 12.1 Å². The normalized spacial score (nSPS) is 10.5. The van der Waals surface area contributed by atoms with Crippen LogP contribution in [0.1, 0.15) is 18.4 Å². The van der Waals surface area contributed by atoms with Crippen molar-refractivity contribution in [3.63, 3.8) is 0 Å². The van der Waals surface area contributed by atoms with Gasteiger partial charge in [-0.3, -0.25) is 9.59 Å². The van der Waals surface area contributed by atoms with Crippen LogP contribution in [0.3, 0.4) is 0 Å². The summed E-state index contributed by atoms with van der Waals surface area (Å²) in [5.41, 5.74) is 2.93. The highest BCUT2D eigenvalue weighted by atomic mass is 79.9. The Labute approximate surface area is 192 Å². The highest BCUT2D eigenvalue weighted by Crippen LogP contribution is 2.36. The molecule has 170 valence electrons. The molecule has 9 nitrogen and oxygen atoms in total. The minimum absolute atomic E-state index is 0.0504. The molecule has 0 saturated carbocycles. The van der Waals surface area contributed by atoms with E-state index in [4.69, 9.17) is 9.47 Å². The van der Waals surface area contributed by atoms with Gasteiger partial charge in [-0.25, -0.2) is 14.6 Å². The second-order valence-corrected chi connectivity index (χ2v) is 7.07. The van der Waals surface area contributed by atoms with E-state index in [1.165, 1.54) is 38.6 Å². The van der Waals surface area contributed by atoms with Crippen molar-refractivity contribution in [1.29, 1.82) is 0 Å². The van der Waals surface area contributed by atoms with Crippen molar-refractivity contribution in [2.75, 3.05) is 26.1 Å². The van der Waals surface area contributed by atoms with Crippen LogP contribution in [0, 0.1) is 5.82 Å². The van der Waals surface area contributed by atoms with Crippen LogP contribution in [-0.2, 0) is 19.1 Å². The van der Waals surface area contributed by atoms with E-state index in [1.807, 2.05) is 0 Å². The molecule has 2 aromatic carbocycles. The lowest BCUT2D eigenvalue weighted by molar-refractivity contribution is -0.143. The topological polar surface area (TPSA) is 115 Å². The van der Waals surface area contributed by atoms with Crippen molar-refractivity contribution < 1.29 is 33.0 Å². The zero-order valence-corrected chi connectivity index (χ0v) is 18.9. The number of hydrogen-bond acceptors (Lipinski definition) is 7. The van der Waals surface area contributed by atoms with Gasteiger partial charge in [0.2, 0.25) is 11.8 Å². The van der Waals surface area contributed by atoms with Crippen LogP contribution in [0.15, 0.2) is 46.0 Å². The summed E-state index contributed by atoms with van der Waals surface area (Å²) in [6, 6.07) is 8.98. The quantitative estimate of drug-likeness (QED) is 0.289. The van der Waals surface area contributed by atoms with Gasteiger partial charge in [0.15, 0.2) is 18.1 Å². The summed E-state index contributed by atoms with van der Waals surface area (Å²) in [4.78, 5) is 35.0. The molecule has 32 heavy (non-hydrogen) atoms. The Morgan fingerprint density at radius 3 is 2.53 bits per heavy atom. The molecule has 2 amide bonds.